The minimum atomic E-state index is -6.19. The quantitative estimate of drug-likeness (QED) is 0.230. The van der Waals surface area contributed by atoms with Crippen LogP contribution >= 0.6 is 34.8 Å². The summed E-state index contributed by atoms with van der Waals surface area (Å²) in [5, 5.41) is -1.16. The van der Waals surface area contributed by atoms with Gasteiger partial charge in [-0.15, -0.1) is 0 Å². The minimum absolute atomic E-state index is 0.105. The number of nitrogens with zero attached hydrogens (tertiary/aromatic N) is 1. The van der Waals surface area contributed by atoms with Crippen LogP contribution in [0.4, 0.5) is 39.5 Å². The Morgan fingerprint density at radius 3 is 1.88 bits per heavy atom. The fourth-order valence-electron chi connectivity index (χ4n) is 2.15. The van der Waals surface area contributed by atoms with E-state index < -0.39 is 46.0 Å². The van der Waals surface area contributed by atoms with Crippen molar-refractivity contribution in [3.8, 4) is 17.4 Å². The number of aromatic nitrogens is 1. The van der Waals surface area contributed by atoms with E-state index in [1.54, 1.807) is 0 Å². The lowest BCUT2D eigenvalue weighted by molar-refractivity contribution is -0.328. The van der Waals surface area contributed by atoms with Crippen molar-refractivity contribution in [1.82, 2.24) is 4.98 Å². The number of benzene rings is 1. The van der Waals surface area contributed by atoms with Crippen molar-refractivity contribution in [2.75, 3.05) is 13.2 Å². The van der Waals surface area contributed by atoms with Crippen LogP contribution in [-0.4, -0.2) is 36.7 Å². The summed E-state index contributed by atoms with van der Waals surface area (Å²) in [6.45, 7) is -0.264. The van der Waals surface area contributed by atoms with Gasteiger partial charge in [-0.3, -0.25) is 0 Å². The second-order valence-corrected chi connectivity index (χ2v) is 7.55. The van der Waals surface area contributed by atoms with E-state index in [4.69, 9.17) is 44.3 Å². The topological polar surface area (TPSA) is 40.6 Å². The summed E-state index contributed by atoms with van der Waals surface area (Å²) in [6.07, 6.45) is -14.2. The van der Waals surface area contributed by atoms with Crippen LogP contribution in [0.5, 0.6) is 17.4 Å². The van der Waals surface area contributed by atoms with Gasteiger partial charge in [-0.2, -0.15) is 39.5 Å². The molecule has 0 spiro atoms. The zero-order chi connectivity index (χ0) is 25.9. The van der Waals surface area contributed by atoms with E-state index in [2.05, 4.69) is 9.72 Å². The first-order valence-electron chi connectivity index (χ1n) is 8.76. The van der Waals surface area contributed by atoms with Crippen LogP contribution in [0, 0.1) is 0 Å². The molecule has 0 radical (unpaired) electrons. The van der Waals surface area contributed by atoms with Gasteiger partial charge in [-0.1, -0.05) is 34.8 Å². The second-order valence-electron chi connectivity index (χ2n) is 6.33. The first kappa shape index (κ1) is 28.2. The molecule has 0 amide bonds. The van der Waals surface area contributed by atoms with Gasteiger partial charge in [0.15, 0.2) is 5.75 Å². The minimum Gasteiger partial charge on any atom is -0.490 e. The largest absolute Gasteiger partial charge is 0.490 e. The average Bonchev–Trinajstić information content (AvgIpc) is 2.68. The van der Waals surface area contributed by atoms with Gasteiger partial charge in [-0.25, -0.2) is 4.98 Å². The van der Waals surface area contributed by atoms with Gasteiger partial charge in [-0.05, 0) is 6.07 Å². The summed E-state index contributed by atoms with van der Waals surface area (Å²) >= 11 is 17.4. The first-order valence-corrected chi connectivity index (χ1v) is 9.90. The maximum absolute atomic E-state index is 13.4. The Morgan fingerprint density at radius 2 is 1.38 bits per heavy atom. The molecule has 0 saturated carbocycles. The predicted octanol–water partition coefficient (Wildman–Crippen LogP) is 7.78. The highest BCUT2D eigenvalue weighted by Gasteiger charge is 2.65. The standard InChI is InChI=1S/C18H11Cl3F9NO3/c19-10-5-9(34-15(22)16(23,24)18(28,29)30)6-11(20)13(10)32-2-1-3-33-14-12(21)4-8(7-31-14)17(25,26)27/h4-7,15H,1-3H2. The molecule has 4 nitrogen and oxygen atoms in total. The average molecular weight is 567 g/mol. The van der Waals surface area contributed by atoms with Crippen LogP contribution in [0.15, 0.2) is 24.4 Å². The molecule has 190 valence electrons. The van der Waals surface area contributed by atoms with E-state index in [1.165, 1.54) is 0 Å². The Balaban J connectivity index is 1.91. The summed E-state index contributed by atoms with van der Waals surface area (Å²) in [5.41, 5.74) is -1.06. The van der Waals surface area contributed by atoms with E-state index in [-0.39, 0.29) is 36.3 Å². The number of rotatable bonds is 9. The van der Waals surface area contributed by atoms with Crippen LogP contribution in [0.2, 0.25) is 15.1 Å². The van der Waals surface area contributed by atoms with Gasteiger partial charge in [0.05, 0.1) is 28.8 Å². The highest BCUT2D eigenvalue weighted by molar-refractivity contribution is 6.37. The monoisotopic (exact) mass is 565 g/mol. The van der Waals surface area contributed by atoms with E-state index in [1.807, 2.05) is 0 Å². The van der Waals surface area contributed by atoms with Gasteiger partial charge in [0.2, 0.25) is 5.88 Å². The maximum atomic E-state index is 13.4. The lowest BCUT2D eigenvalue weighted by atomic mass is 10.3. The van der Waals surface area contributed by atoms with E-state index in [9.17, 15) is 39.5 Å². The summed E-state index contributed by atoms with van der Waals surface area (Å²) in [4.78, 5) is 3.47. The molecule has 1 aromatic carbocycles. The summed E-state index contributed by atoms with van der Waals surface area (Å²) in [6, 6.07) is 2.06. The van der Waals surface area contributed by atoms with Crippen LogP contribution in [0.3, 0.4) is 0 Å². The van der Waals surface area contributed by atoms with Crippen molar-refractivity contribution in [3.05, 3.63) is 45.0 Å². The van der Waals surface area contributed by atoms with Gasteiger partial charge in [0.1, 0.15) is 10.8 Å². The molecule has 0 bridgehead atoms. The number of alkyl halides is 9. The van der Waals surface area contributed by atoms with Crippen LogP contribution < -0.4 is 14.2 Å². The zero-order valence-corrected chi connectivity index (χ0v) is 18.5. The van der Waals surface area contributed by atoms with Crippen LogP contribution in [-0.2, 0) is 6.18 Å². The molecule has 1 unspecified atom stereocenters. The molecule has 0 fully saturated rings. The molecule has 2 rings (SSSR count). The Morgan fingerprint density at radius 1 is 0.824 bits per heavy atom. The Hall–Kier alpha value is -1.99. The van der Waals surface area contributed by atoms with Crippen molar-refractivity contribution in [1.29, 1.82) is 0 Å². The number of hydrogen-bond acceptors (Lipinski definition) is 4. The van der Waals surface area contributed by atoms with Crippen LogP contribution in [0.1, 0.15) is 12.0 Å². The Bertz CT molecular complexity index is 980. The fraction of sp³-hybridized carbons (Fsp3) is 0.389. The normalized spacial score (nSPS) is 13.5. The molecular weight excluding hydrogens is 556 g/mol. The molecule has 0 N–H and O–H groups in total. The Kier molecular flexibility index (Phi) is 8.92. The maximum Gasteiger partial charge on any atom is 0.460 e. The molecule has 1 aromatic heterocycles. The molecule has 16 heteroatoms. The third kappa shape index (κ3) is 7.01. The molecule has 0 aliphatic carbocycles. The molecule has 0 aliphatic rings. The second kappa shape index (κ2) is 10.7. The first-order chi connectivity index (χ1) is 15.5. The van der Waals surface area contributed by atoms with Gasteiger partial charge in [0, 0.05) is 24.8 Å². The molecule has 0 saturated heterocycles. The SMILES string of the molecule is FC(Oc1cc(Cl)c(OCCCOc2ncc(C(F)(F)F)cc2Cl)c(Cl)c1)C(F)(F)C(F)(F)F. The lowest BCUT2D eigenvalue weighted by Crippen LogP contribution is -2.47. The number of halogens is 12. The van der Waals surface area contributed by atoms with Crippen molar-refractivity contribution in [2.24, 2.45) is 0 Å². The van der Waals surface area contributed by atoms with E-state index in [0.717, 1.165) is 0 Å². The van der Waals surface area contributed by atoms with Crippen molar-refractivity contribution in [2.45, 2.75) is 31.1 Å². The lowest BCUT2D eigenvalue weighted by Gasteiger charge is -2.23. The van der Waals surface area contributed by atoms with Crippen molar-refractivity contribution in [3.63, 3.8) is 0 Å². The fourth-order valence-corrected chi connectivity index (χ4v) is 2.95. The third-order valence-electron chi connectivity index (χ3n) is 3.78. The highest BCUT2D eigenvalue weighted by atomic mass is 35.5. The van der Waals surface area contributed by atoms with Crippen molar-refractivity contribution < 1.29 is 53.7 Å². The molecule has 34 heavy (non-hydrogen) atoms. The van der Waals surface area contributed by atoms with Crippen molar-refractivity contribution >= 4 is 34.8 Å². The molecule has 1 atom stereocenters. The molecule has 0 aliphatic heterocycles. The smallest absolute Gasteiger partial charge is 0.460 e. The summed E-state index contributed by atoms with van der Waals surface area (Å²) in [5.74, 6) is -7.08. The number of ether oxygens (including phenoxy) is 3. The molecule has 2 aromatic rings. The Labute approximate surface area is 200 Å². The summed E-state index contributed by atoms with van der Waals surface area (Å²) in [7, 11) is 0. The van der Waals surface area contributed by atoms with E-state index >= 15 is 0 Å². The molecular formula is C18H11Cl3F9NO3. The number of pyridine rings is 1. The summed E-state index contributed by atoms with van der Waals surface area (Å²) < 4.78 is 128. The van der Waals surface area contributed by atoms with Gasteiger partial charge in [0.25, 0.3) is 0 Å². The molecule has 1 heterocycles. The van der Waals surface area contributed by atoms with Gasteiger partial charge < -0.3 is 14.2 Å². The zero-order valence-electron chi connectivity index (χ0n) is 16.2. The van der Waals surface area contributed by atoms with Gasteiger partial charge >= 0.3 is 24.6 Å². The number of hydrogen-bond donors (Lipinski definition) is 0. The third-order valence-corrected chi connectivity index (χ3v) is 4.62. The van der Waals surface area contributed by atoms with Crippen LogP contribution in [0.25, 0.3) is 0 Å². The van der Waals surface area contributed by atoms with E-state index in [0.29, 0.717) is 24.4 Å². The predicted molar refractivity (Wildman–Crippen MR) is 103 cm³/mol. The highest BCUT2D eigenvalue weighted by Crippen LogP contribution is 2.42.